The molecule has 25 heavy (non-hydrogen) atoms. The van der Waals surface area contributed by atoms with Crippen LogP contribution in [0.1, 0.15) is 41.0 Å². The average Bonchev–Trinajstić information content (AvgIpc) is 3.46. The van der Waals surface area contributed by atoms with E-state index in [1.807, 2.05) is 12.1 Å². The molecule has 0 amide bonds. The standard InChI is InChI=1S/C16H16O.C8H10/c1-12-2-8-15(9-3-12)17-16-10-6-14(7-11-16)13-4-5-13;1-7-3-5-8(2)6-4-7/h2-3,6-11,13H,4-5H2,1H3;3-6H,1-2H3. The third-order valence-electron chi connectivity index (χ3n) is 4.40. The highest BCUT2D eigenvalue weighted by molar-refractivity contribution is 5.36. The lowest BCUT2D eigenvalue weighted by Gasteiger charge is -2.06. The van der Waals surface area contributed by atoms with Gasteiger partial charge in [-0.15, -0.1) is 0 Å². The summed E-state index contributed by atoms with van der Waals surface area (Å²) in [6.07, 6.45) is 2.69. The summed E-state index contributed by atoms with van der Waals surface area (Å²) in [5, 5.41) is 0. The maximum absolute atomic E-state index is 5.79. The van der Waals surface area contributed by atoms with Crippen molar-refractivity contribution in [2.45, 2.75) is 39.5 Å². The first-order valence-electron chi connectivity index (χ1n) is 8.98. The van der Waals surface area contributed by atoms with Crippen molar-refractivity contribution < 1.29 is 4.74 Å². The van der Waals surface area contributed by atoms with Crippen molar-refractivity contribution in [1.29, 1.82) is 0 Å². The number of hydrogen-bond acceptors (Lipinski definition) is 1. The summed E-state index contributed by atoms with van der Waals surface area (Å²) in [6, 6.07) is 25.1. The molecule has 4 rings (SSSR count). The first-order valence-corrected chi connectivity index (χ1v) is 8.98. The van der Waals surface area contributed by atoms with Gasteiger partial charge in [0.25, 0.3) is 0 Å². The van der Waals surface area contributed by atoms with E-state index in [0.29, 0.717) is 0 Å². The zero-order valence-electron chi connectivity index (χ0n) is 15.3. The number of benzene rings is 3. The van der Waals surface area contributed by atoms with Gasteiger partial charge in [-0.1, -0.05) is 65.2 Å². The summed E-state index contributed by atoms with van der Waals surface area (Å²) >= 11 is 0. The Kier molecular flexibility index (Phi) is 5.55. The van der Waals surface area contributed by atoms with Gasteiger partial charge in [-0.25, -0.2) is 0 Å². The summed E-state index contributed by atoms with van der Waals surface area (Å²) in [5.41, 5.74) is 5.36. The van der Waals surface area contributed by atoms with Crippen molar-refractivity contribution >= 4 is 0 Å². The first-order chi connectivity index (χ1) is 12.1. The van der Waals surface area contributed by atoms with E-state index in [9.17, 15) is 0 Å². The Balaban J connectivity index is 0.000000192. The Hall–Kier alpha value is -2.54. The van der Waals surface area contributed by atoms with E-state index in [4.69, 9.17) is 4.74 Å². The van der Waals surface area contributed by atoms with Crippen LogP contribution in [0.25, 0.3) is 0 Å². The molecule has 0 aliphatic heterocycles. The molecule has 0 aromatic heterocycles. The minimum Gasteiger partial charge on any atom is -0.457 e. The number of aryl methyl sites for hydroxylation is 3. The molecular formula is C24H26O. The van der Waals surface area contributed by atoms with E-state index >= 15 is 0 Å². The van der Waals surface area contributed by atoms with Crippen LogP contribution in [0.4, 0.5) is 0 Å². The molecule has 0 bridgehead atoms. The second kappa shape index (κ2) is 8.02. The van der Waals surface area contributed by atoms with Gasteiger partial charge in [0, 0.05) is 0 Å². The van der Waals surface area contributed by atoms with Crippen molar-refractivity contribution in [2.24, 2.45) is 0 Å². The van der Waals surface area contributed by atoms with E-state index in [1.165, 1.54) is 35.1 Å². The maximum atomic E-state index is 5.79. The summed E-state index contributed by atoms with van der Waals surface area (Å²) in [4.78, 5) is 0. The van der Waals surface area contributed by atoms with E-state index in [1.54, 1.807) is 0 Å². The number of hydrogen-bond donors (Lipinski definition) is 0. The molecule has 1 aliphatic carbocycles. The molecule has 0 saturated heterocycles. The molecule has 1 heteroatoms. The van der Waals surface area contributed by atoms with Crippen molar-refractivity contribution in [3.05, 3.63) is 95.1 Å². The van der Waals surface area contributed by atoms with E-state index < -0.39 is 0 Å². The second-order valence-electron chi connectivity index (χ2n) is 6.91. The predicted octanol–water partition coefficient (Wildman–Crippen LogP) is 6.97. The SMILES string of the molecule is Cc1ccc(C)cc1.Cc1ccc(Oc2ccc(C3CC3)cc2)cc1. The van der Waals surface area contributed by atoms with Gasteiger partial charge < -0.3 is 4.74 Å². The fourth-order valence-electron chi connectivity index (χ4n) is 2.60. The molecule has 128 valence electrons. The van der Waals surface area contributed by atoms with Crippen molar-refractivity contribution in [2.75, 3.05) is 0 Å². The summed E-state index contributed by atoms with van der Waals surface area (Å²) < 4.78 is 5.79. The van der Waals surface area contributed by atoms with Crippen LogP contribution >= 0.6 is 0 Å². The first kappa shape index (κ1) is 17.3. The lowest BCUT2D eigenvalue weighted by molar-refractivity contribution is 0.482. The molecule has 0 radical (unpaired) electrons. The molecule has 3 aromatic rings. The third-order valence-corrected chi connectivity index (χ3v) is 4.40. The zero-order valence-corrected chi connectivity index (χ0v) is 15.3. The van der Waals surface area contributed by atoms with Crippen LogP contribution in [-0.2, 0) is 0 Å². The molecule has 1 saturated carbocycles. The Labute approximate surface area is 151 Å². The quantitative estimate of drug-likeness (QED) is 0.504. The fraction of sp³-hybridized carbons (Fsp3) is 0.250. The van der Waals surface area contributed by atoms with Crippen LogP contribution in [0.3, 0.4) is 0 Å². The van der Waals surface area contributed by atoms with E-state index in [2.05, 4.69) is 81.4 Å². The van der Waals surface area contributed by atoms with E-state index in [-0.39, 0.29) is 0 Å². The van der Waals surface area contributed by atoms with Crippen molar-refractivity contribution in [3.8, 4) is 11.5 Å². The minimum absolute atomic E-state index is 0.809. The van der Waals surface area contributed by atoms with Gasteiger partial charge in [0.05, 0.1) is 0 Å². The molecule has 3 aromatic carbocycles. The lowest BCUT2D eigenvalue weighted by atomic mass is 10.1. The average molecular weight is 330 g/mol. The molecule has 1 fully saturated rings. The lowest BCUT2D eigenvalue weighted by Crippen LogP contribution is -1.85. The molecule has 1 nitrogen and oxygen atoms in total. The van der Waals surface area contributed by atoms with Crippen molar-refractivity contribution in [3.63, 3.8) is 0 Å². The Morgan fingerprint density at radius 2 is 0.920 bits per heavy atom. The van der Waals surface area contributed by atoms with E-state index in [0.717, 1.165) is 17.4 Å². The van der Waals surface area contributed by atoms with Crippen LogP contribution in [0, 0.1) is 20.8 Å². The maximum Gasteiger partial charge on any atom is 0.127 e. The number of rotatable bonds is 3. The molecule has 0 N–H and O–H groups in total. The van der Waals surface area contributed by atoms with Crippen molar-refractivity contribution in [1.82, 2.24) is 0 Å². The molecular weight excluding hydrogens is 304 g/mol. The van der Waals surface area contributed by atoms with Crippen LogP contribution in [-0.4, -0.2) is 0 Å². The zero-order chi connectivity index (χ0) is 17.6. The molecule has 1 aliphatic rings. The number of ether oxygens (including phenoxy) is 1. The normalized spacial score (nSPS) is 12.9. The van der Waals surface area contributed by atoms with Crippen LogP contribution in [0.15, 0.2) is 72.8 Å². The van der Waals surface area contributed by atoms with Gasteiger partial charge in [0.15, 0.2) is 0 Å². The molecule has 0 unspecified atom stereocenters. The Morgan fingerprint density at radius 3 is 1.32 bits per heavy atom. The smallest absolute Gasteiger partial charge is 0.127 e. The molecule has 0 spiro atoms. The third kappa shape index (κ3) is 5.49. The van der Waals surface area contributed by atoms with Gasteiger partial charge in [-0.2, -0.15) is 0 Å². The van der Waals surface area contributed by atoms with Gasteiger partial charge >= 0.3 is 0 Å². The van der Waals surface area contributed by atoms with Crippen LogP contribution in [0.2, 0.25) is 0 Å². The van der Waals surface area contributed by atoms with Gasteiger partial charge in [-0.05, 0) is 69.4 Å². The highest BCUT2D eigenvalue weighted by atomic mass is 16.5. The van der Waals surface area contributed by atoms with Crippen LogP contribution in [0.5, 0.6) is 11.5 Å². The summed E-state index contributed by atoms with van der Waals surface area (Å²) in [6.45, 7) is 6.27. The second-order valence-corrected chi connectivity index (χ2v) is 6.91. The van der Waals surface area contributed by atoms with Gasteiger partial charge in [0.1, 0.15) is 11.5 Å². The van der Waals surface area contributed by atoms with Crippen LogP contribution < -0.4 is 4.74 Å². The topological polar surface area (TPSA) is 9.23 Å². The highest BCUT2D eigenvalue weighted by Crippen LogP contribution is 2.40. The minimum atomic E-state index is 0.809. The Bertz CT molecular complexity index is 758. The summed E-state index contributed by atoms with van der Waals surface area (Å²) in [7, 11) is 0. The monoisotopic (exact) mass is 330 g/mol. The molecule has 0 heterocycles. The largest absolute Gasteiger partial charge is 0.457 e. The van der Waals surface area contributed by atoms with Gasteiger partial charge in [-0.3, -0.25) is 0 Å². The summed E-state index contributed by atoms with van der Waals surface area (Å²) in [5.74, 6) is 2.62. The van der Waals surface area contributed by atoms with Gasteiger partial charge in [0.2, 0.25) is 0 Å². The fourth-order valence-corrected chi connectivity index (χ4v) is 2.60. The predicted molar refractivity (Wildman–Crippen MR) is 106 cm³/mol. The highest BCUT2D eigenvalue weighted by Gasteiger charge is 2.22. The molecule has 0 atom stereocenters. The Morgan fingerprint density at radius 1 is 0.560 bits per heavy atom.